The summed E-state index contributed by atoms with van der Waals surface area (Å²) in [5.41, 5.74) is 9.24. The molecule has 0 spiro atoms. The Kier molecular flexibility index (Phi) is 6.68. The average Bonchev–Trinajstić information content (AvgIpc) is 1.47. The molecule has 0 saturated heterocycles. The summed E-state index contributed by atoms with van der Waals surface area (Å²) in [6.45, 7) is 0. The van der Waals surface area contributed by atoms with Crippen molar-refractivity contribution >= 4 is 33.0 Å². The summed E-state index contributed by atoms with van der Waals surface area (Å²) in [5.74, 6) is 0. The minimum atomic E-state index is -5.05. The van der Waals surface area contributed by atoms with Gasteiger partial charge in [-0.15, -0.1) is 0 Å². The summed E-state index contributed by atoms with van der Waals surface area (Å²) < 4.78 is 22.2. The van der Waals surface area contributed by atoms with Gasteiger partial charge in [-0.2, -0.15) is 4.31 Å². The molecule has 0 unspecified atom stereocenters. The molecule has 0 heterocycles. The second kappa shape index (κ2) is 5.63. The van der Waals surface area contributed by atoms with E-state index in [1.165, 1.54) is 0 Å². The molecular formula is CH8N2O7P2S. The summed E-state index contributed by atoms with van der Waals surface area (Å²) in [6.07, 6.45) is 0. The fourth-order valence-electron chi connectivity index (χ4n) is 0.139. The number of phosphoric acid groups is 2. The van der Waals surface area contributed by atoms with E-state index in [1.807, 2.05) is 0 Å². The molecule has 0 bridgehead atoms. The zero-order valence-corrected chi connectivity index (χ0v) is 8.58. The van der Waals surface area contributed by atoms with E-state index in [9.17, 15) is 9.13 Å². The number of hydrogen-bond donors (Lipinski definition) is 6. The molecule has 9 nitrogen and oxygen atoms in total. The van der Waals surface area contributed by atoms with E-state index in [4.69, 9.17) is 19.6 Å². The first-order valence-electron chi connectivity index (χ1n) is 2.31. The minimum Gasteiger partial charge on any atom is -0.377 e. The third-order valence-electron chi connectivity index (χ3n) is 0.213. The molecule has 0 saturated carbocycles. The van der Waals surface area contributed by atoms with Gasteiger partial charge in [-0.25, -0.2) is 9.13 Å². The summed E-state index contributed by atoms with van der Waals surface area (Å²) in [4.78, 5) is 31.0. The summed E-state index contributed by atoms with van der Waals surface area (Å²) in [6, 6.07) is 0. The van der Waals surface area contributed by atoms with Crippen LogP contribution in [0.5, 0.6) is 0 Å². The first-order valence-corrected chi connectivity index (χ1v) is 5.78. The second-order valence-corrected chi connectivity index (χ2v) is 4.55. The molecule has 0 atom stereocenters. The highest BCUT2D eigenvalue weighted by Gasteiger charge is 2.27. The lowest BCUT2D eigenvalue weighted by Gasteiger charge is -2.03. The number of thiocarbonyl (C=S) groups is 1. The van der Waals surface area contributed by atoms with Crippen LogP contribution >= 0.6 is 27.9 Å². The number of hydrogen-bond acceptors (Lipinski definition) is 4. The van der Waals surface area contributed by atoms with Crippen molar-refractivity contribution in [1.29, 1.82) is 0 Å². The Morgan fingerprint density at radius 1 is 1.08 bits per heavy atom. The van der Waals surface area contributed by atoms with E-state index < -0.39 is 15.6 Å². The van der Waals surface area contributed by atoms with Crippen molar-refractivity contribution in [2.75, 3.05) is 0 Å². The standard InChI is InChI=1S/CH4N2S.H4O7P2/c2-1(3)4;1-8(2,3)7-9(4,5)6/h(H4,2,3,4);(H2,1,2,3)(H2,4,5,6). The van der Waals surface area contributed by atoms with Crippen molar-refractivity contribution in [3.05, 3.63) is 0 Å². The smallest absolute Gasteiger partial charge is 0.377 e. The van der Waals surface area contributed by atoms with Gasteiger partial charge in [0.2, 0.25) is 0 Å². The van der Waals surface area contributed by atoms with Crippen LogP contribution in [0.15, 0.2) is 0 Å². The topological polar surface area (TPSA) is 176 Å². The summed E-state index contributed by atoms with van der Waals surface area (Å²) >= 11 is 4.09. The quantitative estimate of drug-likeness (QED) is 0.248. The molecule has 8 N–H and O–H groups in total. The fraction of sp³-hybridized carbons (Fsp3) is 0. The molecule has 0 radical (unpaired) electrons. The Labute approximate surface area is 78.2 Å². The highest BCUT2D eigenvalue weighted by Crippen LogP contribution is 2.53. The third-order valence-corrected chi connectivity index (χ3v) is 1.91. The van der Waals surface area contributed by atoms with E-state index >= 15 is 0 Å². The van der Waals surface area contributed by atoms with Crippen molar-refractivity contribution < 1.29 is 33.0 Å². The zero-order valence-electron chi connectivity index (χ0n) is 5.97. The van der Waals surface area contributed by atoms with Gasteiger partial charge in [-0.1, -0.05) is 0 Å². The molecule has 80 valence electrons. The molecular weight excluding hydrogens is 246 g/mol. The molecule has 0 rings (SSSR count). The lowest BCUT2D eigenvalue weighted by atomic mass is 11.3. The van der Waals surface area contributed by atoms with Crippen molar-refractivity contribution in [2.45, 2.75) is 0 Å². The lowest BCUT2D eigenvalue weighted by Crippen LogP contribution is -2.18. The Balaban J connectivity index is 0. The van der Waals surface area contributed by atoms with Crippen LogP contribution in [0, 0.1) is 0 Å². The summed E-state index contributed by atoms with van der Waals surface area (Å²) in [7, 11) is -10.1. The highest BCUT2D eigenvalue weighted by atomic mass is 32.1. The van der Waals surface area contributed by atoms with Crippen LogP contribution in [0.25, 0.3) is 0 Å². The van der Waals surface area contributed by atoms with E-state index in [0.29, 0.717) is 0 Å². The van der Waals surface area contributed by atoms with Gasteiger partial charge in [0.15, 0.2) is 5.11 Å². The maximum Gasteiger partial charge on any atom is 0.478 e. The number of rotatable bonds is 2. The van der Waals surface area contributed by atoms with Gasteiger partial charge in [-0.3, -0.25) is 0 Å². The van der Waals surface area contributed by atoms with Gasteiger partial charge in [0.25, 0.3) is 0 Å². The molecule has 0 aliphatic carbocycles. The molecule has 0 aromatic rings. The van der Waals surface area contributed by atoms with Gasteiger partial charge >= 0.3 is 15.6 Å². The van der Waals surface area contributed by atoms with Crippen LogP contribution in [0.4, 0.5) is 0 Å². The van der Waals surface area contributed by atoms with Gasteiger partial charge in [0.05, 0.1) is 0 Å². The van der Waals surface area contributed by atoms with Crippen LogP contribution < -0.4 is 11.5 Å². The molecule has 0 aromatic carbocycles. The molecule has 13 heavy (non-hydrogen) atoms. The Hall–Kier alpha value is -0.0500. The number of nitrogens with two attached hydrogens (primary N) is 2. The van der Waals surface area contributed by atoms with E-state index in [2.05, 4.69) is 28.0 Å². The molecule has 12 heteroatoms. The van der Waals surface area contributed by atoms with E-state index in [-0.39, 0.29) is 5.11 Å². The van der Waals surface area contributed by atoms with Crippen LogP contribution in [0.2, 0.25) is 0 Å². The molecule has 0 aliphatic rings. The normalized spacial score (nSPS) is 11.4. The van der Waals surface area contributed by atoms with Crippen LogP contribution in [-0.2, 0) is 13.4 Å². The van der Waals surface area contributed by atoms with Gasteiger partial charge in [0.1, 0.15) is 0 Å². The lowest BCUT2D eigenvalue weighted by molar-refractivity contribution is 0.225. The van der Waals surface area contributed by atoms with Crippen LogP contribution in [0.1, 0.15) is 0 Å². The Morgan fingerprint density at radius 2 is 1.23 bits per heavy atom. The predicted molar refractivity (Wildman–Crippen MR) is 46.1 cm³/mol. The maximum absolute atomic E-state index is 9.63. The second-order valence-electron chi connectivity index (χ2n) is 1.47. The largest absolute Gasteiger partial charge is 0.478 e. The minimum absolute atomic E-state index is 0.000000000000000222. The summed E-state index contributed by atoms with van der Waals surface area (Å²) in [5, 5.41) is 0.000000000000000222. The van der Waals surface area contributed by atoms with Gasteiger partial charge in [0, 0.05) is 0 Å². The highest BCUT2D eigenvalue weighted by molar-refractivity contribution is 7.80. The monoisotopic (exact) mass is 254 g/mol. The average molecular weight is 254 g/mol. The zero-order chi connectivity index (χ0) is 11.3. The predicted octanol–water partition coefficient (Wildman–Crippen LogP) is -1.62. The van der Waals surface area contributed by atoms with E-state index in [0.717, 1.165) is 0 Å². The Bertz CT molecular complexity index is 229. The van der Waals surface area contributed by atoms with E-state index in [1.54, 1.807) is 0 Å². The molecule has 0 aliphatic heterocycles. The van der Waals surface area contributed by atoms with Gasteiger partial charge < -0.3 is 31.0 Å². The fourth-order valence-corrected chi connectivity index (χ4v) is 1.25. The van der Waals surface area contributed by atoms with Gasteiger partial charge in [-0.05, 0) is 12.2 Å². The maximum atomic E-state index is 9.63. The first-order chi connectivity index (χ1) is 5.44. The Morgan fingerprint density at radius 3 is 1.23 bits per heavy atom. The third kappa shape index (κ3) is 33.4. The van der Waals surface area contributed by atoms with Crippen LogP contribution in [0.3, 0.4) is 0 Å². The van der Waals surface area contributed by atoms with Crippen LogP contribution in [-0.4, -0.2) is 24.7 Å². The molecule has 0 amide bonds. The van der Waals surface area contributed by atoms with Crippen molar-refractivity contribution in [3.8, 4) is 0 Å². The SMILES string of the molecule is NC(N)=S.O=P(O)(O)OP(=O)(O)O. The van der Waals surface area contributed by atoms with Crippen molar-refractivity contribution in [3.63, 3.8) is 0 Å². The molecule has 0 aromatic heterocycles. The first kappa shape index (κ1) is 15.4. The molecule has 0 fully saturated rings. The van der Waals surface area contributed by atoms with Crippen molar-refractivity contribution in [1.82, 2.24) is 0 Å². The van der Waals surface area contributed by atoms with Crippen molar-refractivity contribution in [2.24, 2.45) is 11.5 Å².